The summed E-state index contributed by atoms with van der Waals surface area (Å²) in [7, 11) is 0. The standard InChI is InChI=1S/C27H38N2/c28-26-17-23(18-27(29)19-26)16-22-10-14-25(15-11-22)24-12-8-21(9-13-24)7-6-20-4-2-1-3-5-20/h10-11,14-15,17-21,24H,1-9,12-13,16,28-29H2. The average Bonchev–Trinajstić information content (AvgIpc) is 2.73. The van der Waals surface area contributed by atoms with Gasteiger partial charge in [0.2, 0.25) is 0 Å². The molecule has 0 unspecified atom stereocenters. The van der Waals surface area contributed by atoms with Crippen molar-refractivity contribution in [1.29, 1.82) is 0 Å². The highest BCUT2D eigenvalue weighted by Crippen LogP contribution is 2.39. The fourth-order valence-electron chi connectivity index (χ4n) is 5.72. The van der Waals surface area contributed by atoms with Crippen LogP contribution in [0.4, 0.5) is 11.4 Å². The molecule has 0 radical (unpaired) electrons. The summed E-state index contributed by atoms with van der Waals surface area (Å²) in [6.07, 6.45) is 16.9. The van der Waals surface area contributed by atoms with Gasteiger partial charge in [-0.1, -0.05) is 69.2 Å². The summed E-state index contributed by atoms with van der Waals surface area (Å²) in [5.74, 6) is 2.80. The summed E-state index contributed by atoms with van der Waals surface area (Å²) in [4.78, 5) is 0. The van der Waals surface area contributed by atoms with Crippen LogP contribution >= 0.6 is 0 Å². The van der Waals surface area contributed by atoms with E-state index in [4.69, 9.17) is 11.5 Å². The van der Waals surface area contributed by atoms with Crippen LogP contribution in [-0.2, 0) is 6.42 Å². The van der Waals surface area contributed by atoms with Crippen molar-refractivity contribution >= 4 is 11.4 Å². The Morgan fingerprint density at radius 2 is 1.21 bits per heavy atom. The smallest absolute Gasteiger partial charge is 0.0337 e. The molecule has 2 aromatic carbocycles. The molecule has 0 heterocycles. The molecule has 0 spiro atoms. The number of nitrogens with two attached hydrogens (primary N) is 2. The Kier molecular flexibility index (Phi) is 6.79. The molecule has 2 fully saturated rings. The normalized spacial score (nSPS) is 23.2. The molecule has 4 N–H and O–H groups in total. The molecule has 0 bridgehead atoms. The quantitative estimate of drug-likeness (QED) is 0.518. The molecule has 2 aliphatic carbocycles. The maximum absolute atomic E-state index is 5.93. The van der Waals surface area contributed by atoms with E-state index in [0.717, 1.165) is 35.5 Å². The van der Waals surface area contributed by atoms with Crippen molar-refractivity contribution in [3.05, 3.63) is 59.2 Å². The largest absolute Gasteiger partial charge is 0.399 e. The van der Waals surface area contributed by atoms with Crippen LogP contribution in [0, 0.1) is 11.8 Å². The van der Waals surface area contributed by atoms with Crippen molar-refractivity contribution in [2.45, 2.75) is 83.0 Å². The molecule has 4 rings (SSSR count). The van der Waals surface area contributed by atoms with E-state index in [1.807, 2.05) is 18.2 Å². The zero-order valence-electron chi connectivity index (χ0n) is 17.9. The lowest BCUT2D eigenvalue weighted by Crippen LogP contribution is -2.15. The van der Waals surface area contributed by atoms with Gasteiger partial charge in [0.15, 0.2) is 0 Å². The van der Waals surface area contributed by atoms with Crippen LogP contribution in [0.2, 0.25) is 0 Å². The zero-order chi connectivity index (χ0) is 20.1. The van der Waals surface area contributed by atoms with E-state index in [9.17, 15) is 0 Å². The first-order valence-corrected chi connectivity index (χ1v) is 11.9. The number of hydrogen-bond donors (Lipinski definition) is 2. The van der Waals surface area contributed by atoms with Crippen molar-refractivity contribution < 1.29 is 0 Å². The van der Waals surface area contributed by atoms with Crippen LogP contribution in [0.15, 0.2) is 42.5 Å². The fraction of sp³-hybridized carbons (Fsp3) is 0.556. The summed E-state index contributed by atoms with van der Waals surface area (Å²) in [6, 6.07) is 15.2. The van der Waals surface area contributed by atoms with Crippen molar-refractivity contribution in [3.63, 3.8) is 0 Å². The third kappa shape index (κ3) is 5.78. The second-order valence-corrected chi connectivity index (χ2v) is 9.73. The van der Waals surface area contributed by atoms with Crippen molar-refractivity contribution in [2.75, 3.05) is 11.5 Å². The predicted octanol–water partition coefficient (Wildman–Crippen LogP) is 7.08. The van der Waals surface area contributed by atoms with Gasteiger partial charge < -0.3 is 11.5 Å². The highest BCUT2D eigenvalue weighted by molar-refractivity contribution is 5.55. The van der Waals surface area contributed by atoms with Crippen molar-refractivity contribution in [2.24, 2.45) is 11.8 Å². The van der Waals surface area contributed by atoms with E-state index >= 15 is 0 Å². The lowest BCUT2D eigenvalue weighted by Gasteiger charge is -2.30. The topological polar surface area (TPSA) is 52.0 Å². The monoisotopic (exact) mass is 390 g/mol. The van der Waals surface area contributed by atoms with Crippen molar-refractivity contribution in [3.8, 4) is 0 Å². The van der Waals surface area contributed by atoms with E-state index < -0.39 is 0 Å². The lowest BCUT2D eigenvalue weighted by molar-refractivity contribution is 0.261. The molecule has 0 saturated heterocycles. The van der Waals surface area contributed by atoms with E-state index in [-0.39, 0.29) is 0 Å². The Bertz CT molecular complexity index is 745. The molecular formula is C27H38N2. The summed E-state index contributed by atoms with van der Waals surface area (Å²) in [6.45, 7) is 0. The molecule has 2 heteroatoms. The average molecular weight is 391 g/mol. The maximum Gasteiger partial charge on any atom is 0.0337 e. The molecule has 0 atom stereocenters. The first-order valence-electron chi connectivity index (χ1n) is 11.9. The Labute approximate surface area is 177 Å². The van der Waals surface area contributed by atoms with Crippen LogP contribution in [0.3, 0.4) is 0 Å². The van der Waals surface area contributed by atoms with Crippen LogP contribution in [-0.4, -0.2) is 0 Å². The van der Waals surface area contributed by atoms with Gasteiger partial charge in [-0.05, 0) is 84.7 Å². The molecule has 0 aliphatic heterocycles. The second-order valence-electron chi connectivity index (χ2n) is 9.73. The summed E-state index contributed by atoms with van der Waals surface area (Å²) < 4.78 is 0. The van der Waals surface area contributed by atoms with Crippen LogP contribution in [0.5, 0.6) is 0 Å². The number of nitrogen functional groups attached to an aromatic ring is 2. The maximum atomic E-state index is 5.93. The number of benzene rings is 2. The first kappa shape index (κ1) is 20.3. The van der Waals surface area contributed by atoms with Crippen molar-refractivity contribution in [1.82, 2.24) is 0 Å². The van der Waals surface area contributed by atoms with Crippen LogP contribution in [0.1, 0.15) is 93.2 Å². The molecule has 2 saturated carbocycles. The van der Waals surface area contributed by atoms with Crippen LogP contribution < -0.4 is 11.5 Å². The van der Waals surface area contributed by atoms with Gasteiger partial charge in [-0.3, -0.25) is 0 Å². The minimum absolute atomic E-state index is 0.747. The van der Waals surface area contributed by atoms with E-state index in [1.165, 1.54) is 87.3 Å². The third-order valence-electron chi connectivity index (χ3n) is 7.45. The summed E-state index contributed by atoms with van der Waals surface area (Å²) in [5, 5.41) is 0. The molecular weight excluding hydrogens is 352 g/mol. The van der Waals surface area contributed by atoms with E-state index in [0.29, 0.717) is 0 Å². The highest BCUT2D eigenvalue weighted by atomic mass is 14.6. The van der Waals surface area contributed by atoms with Gasteiger partial charge in [-0.15, -0.1) is 0 Å². The van der Waals surface area contributed by atoms with Gasteiger partial charge in [0.1, 0.15) is 0 Å². The second kappa shape index (κ2) is 9.69. The fourth-order valence-corrected chi connectivity index (χ4v) is 5.72. The zero-order valence-corrected chi connectivity index (χ0v) is 17.9. The number of anilines is 2. The molecule has 0 aromatic heterocycles. The van der Waals surface area contributed by atoms with Gasteiger partial charge in [-0.2, -0.15) is 0 Å². The van der Waals surface area contributed by atoms with Gasteiger partial charge in [-0.25, -0.2) is 0 Å². The number of rotatable bonds is 6. The summed E-state index contributed by atoms with van der Waals surface area (Å²) in [5.41, 5.74) is 17.4. The first-order chi connectivity index (χ1) is 14.2. The van der Waals surface area contributed by atoms with Gasteiger partial charge in [0.05, 0.1) is 0 Å². The minimum atomic E-state index is 0.747. The molecule has 0 amide bonds. The van der Waals surface area contributed by atoms with E-state index in [1.54, 1.807) is 0 Å². The Morgan fingerprint density at radius 3 is 1.83 bits per heavy atom. The van der Waals surface area contributed by atoms with Crippen LogP contribution in [0.25, 0.3) is 0 Å². The predicted molar refractivity (Wildman–Crippen MR) is 125 cm³/mol. The summed E-state index contributed by atoms with van der Waals surface area (Å²) >= 11 is 0. The van der Waals surface area contributed by atoms with Gasteiger partial charge >= 0.3 is 0 Å². The van der Waals surface area contributed by atoms with Gasteiger partial charge in [0.25, 0.3) is 0 Å². The number of hydrogen-bond acceptors (Lipinski definition) is 2. The Morgan fingerprint density at radius 1 is 0.621 bits per heavy atom. The molecule has 2 nitrogen and oxygen atoms in total. The molecule has 2 aromatic rings. The highest BCUT2D eigenvalue weighted by Gasteiger charge is 2.23. The Balaban J connectivity index is 1.25. The molecule has 29 heavy (non-hydrogen) atoms. The minimum Gasteiger partial charge on any atom is -0.399 e. The van der Waals surface area contributed by atoms with Gasteiger partial charge in [0, 0.05) is 11.4 Å². The lowest BCUT2D eigenvalue weighted by atomic mass is 9.75. The SMILES string of the molecule is Nc1cc(N)cc(Cc2ccc(C3CCC(CCC4CCCCC4)CC3)cc2)c1. The molecule has 156 valence electrons. The van der Waals surface area contributed by atoms with E-state index in [2.05, 4.69) is 24.3 Å². The molecule has 2 aliphatic rings. The third-order valence-corrected chi connectivity index (χ3v) is 7.45. The Hall–Kier alpha value is -1.96.